The van der Waals surface area contributed by atoms with Gasteiger partial charge in [-0.25, -0.2) is 0 Å². The lowest BCUT2D eigenvalue weighted by atomic mass is 10.1. The van der Waals surface area contributed by atoms with Crippen LogP contribution >= 0.6 is 0 Å². The van der Waals surface area contributed by atoms with Gasteiger partial charge in [-0.05, 0) is 33.3 Å². The Kier molecular flexibility index (Phi) is 3.96. The Hall–Kier alpha value is -0.540. The summed E-state index contributed by atoms with van der Waals surface area (Å²) in [5.74, 6) is 0. The Bertz CT molecular complexity index is 201. The molecule has 0 aromatic carbocycles. The van der Waals surface area contributed by atoms with E-state index in [1.54, 1.807) is 0 Å². The van der Waals surface area contributed by atoms with Gasteiger partial charge in [-0.2, -0.15) is 0 Å². The summed E-state index contributed by atoms with van der Waals surface area (Å²) in [5, 5.41) is 0. The highest BCUT2D eigenvalue weighted by atomic mass is 15.5. The van der Waals surface area contributed by atoms with E-state index in [4.69, 9.17) is 0 Å². The molecule has 0 saturated carbocycles. The number of nitrogens with zero attached hydrogens (tertiary/aromatic N) is 3. The monoisotopic (exact) mass is 197 g/mol. The SMILES string of the molecule is CCC1C=CN(C)C(N(C)C)N1CC. The molecule has 0 fully saturated rings. The number of likely N-dealkylation sites (N-methyl/N-ethyl adjacent to an activating group) is 1. The zero-order chi connectivity index (χ0) is 10.7. The maximum atomic E-state index is 2.51. The maximum absolute atomic E-state index is 2.51. The summed E-state index contributed by atoms with van der Waals surface area (Å²) in [6, 6.07) is 0.587. The minimum atomic E-state index is 0.398. The molecular weight excluding hydrogens is 174 g/mol. The van der Waals surface area contributed by atoms with Crippen LogP contribution in [-0.4, -0.2) is 54.7 Å². The lowest BCUT2D eigenvalue weighted by Crippen LogP contribution is -2.58. The summed E-state index contributed by atoms with van der Waals surface area (Å²) in [6.07, 6.45) is 6.08. The van der Waals surface area contributed by atoms with Gasteiger partial charge in [0, 0.05) is 13.1 Å². The third-order valence-electron chi connectivity index (χ3n) is 2.88. The molecule has 82 valence electrons. The van der Waals surface area contributed by atoms with Gasteiger partial charge >= 0.3 is 0 Å². The maximum Gasteiger partial charge on any atom is 0.139 e. The number of rotatable bonds is 3. The molecule has 1 heterocycles. The van der Waals surface area contributed by atoms with Crippen molar-refractivity contribution in [2.75, 3.05) is 27.7 Å². The molecule has 1 rings (SSSR count). The average molecular weight is 197 g/mol. The Morgan fingerprint density at radius 1 is 1.29 bits per heavy atom. The van der Waals surface area contributed by atoms with Gasteiger partial charge in [-0.1, -0.05) is 19.9 Å². The van der Waals surface area contributed by atoms with Crippen LogP contribution in [0.3, 0.4) is 0 Å². The molecule has 0 aliphatic carbocycles. The predicted octanol–water partition coefficient (Wildman–Crippen LogP) is 1.39. The molecule has 2 atom stereocenters. The lowest BCUT2D eigenvalue weighted by Gasteiger charge is -2.46. The van der Waals surface area contributed by atoms with Crippen LogP contribution in [0.5, 0.6) is 0 Å². The molecule has 0 spiro atoms. The smallest absolute Gasteiger partial charge is 0.139 e. The highest BCUT2D eigenvalue weighted by Crippen LogP contribution is 2.19. The van der Waals surface area contributed by atoms with Gasteiger partial charge in [0.05, 0.1) is 0 Å². The minimum Gasteiger partial charge on any atom is -0.353 e. The van der Waals surface area contributed by atoms with E-state index >= 15 is 0 Å². The molecule has 0 aromatic rings. The van der Waals surface area contributed by atoms with Crippen LogP contribution in [-0.2, 0) is 0 Å². The molecule has 0 radical (unpaired) electrons. The largest absolute Gasteiger partial charge is 0.353 e. The van der Waals surface area contributed by atoms with Crippen molar-refractivity contribution in [2.24, 2.45) is 0 Å². The van der Waals surface area contributed by atoms with Crippen LogP contribution in [0.4, 0.5) is 0 Å². The first-order chi connectivity index (χ1) is 6.61. The van der Waals surface area contributed by atoms with Crippen molar-refractivity contribution in [3.8, 4) is 0 Å². The minimum absolute atomic E-state index is 0.398. The van der Waals surface area contributed by atoms with Crippen molar-refractivity contribution in [3.63, 3.8) is 0 Å². The molecule has 0 saturated heterocycles. The second-order valence-electron chi connectivity index (χ2n) is 4.12. The molecule has 2 unspecified atom stereocenters. The molecule has 0 amide bonds. The van der Waals surface area contributed by atoms with Gasteiger partial charge in [0.2, 0.25) is 0 Å². The fourth-order valence-corrected chi connectivity index (χ4v) is 2.26. The predicted molar refractivity (Wildman–Crippen MR) is 60.8 cm³/mol. The van der Waals surface area contributed by atoms with Crippen molar-refractivity contribution in [1.82, 2.24) is 14.7 Å². The van der Waals surface area contributed by atoms with Crippen LogP contribution in [0.25, 0.3) is 0 Å². The summed E-state index contributed by atoms with van der Waals surface area (Å²) in [4.78, 5) is 7.03. The highest BCUT2D eigenvalue weighted by Gasteiger charge is 2.29. The first kappa shape index (κ1) is 11.5. The molecule has 3 heteroatoms. The third-order valence-corrected chi connectivity index (χ3v) is 2.88. The fourth-order valence-electron chi connectivity index (χ4n) is 2.26. The number of hydrogen-bond donors (Lipinski definition) is 0. The van der Waals surface area contributed by atoms with E-state index in [0.717, 1.165) is 6.54 Å². The van der Waals surface area contributed by atoms with Gasteiger partial charge in [0.25, 0.3) is 0 Å². The van der Waals surface area contributed by atoms with Gasteiger partial charge < -0.3 is 4.90 Å². The summed E-state index contributed by atoms with van der Waals surface area (Å²) in [7, 11) is 6.40. The van der Waals surface area contributed by atoms with Crippen molar-refractivity contribution in [2.45, 2.75) is 32.6 Å². The van der Waals surface area contributed by atoms with E-state index in [9.17, 15) is 0 Å². The first-order valence-electron chi connectivity index (χ1n) is 5.44. The molecule has 3 nitrogen and oxygen atoms in total. The second kappa shape index (κ2) is 4.80. The molecule has 0 bridgehead atoms. The quantitative estimate of drug-likeness (QED) is 0.677. The summed E-state index contributed by atoms with van der Waals surface area (Å²) in [5.41, 5.74) is 0. The molecule has 1 aliphatic heterocycles. The number of hydrogen-bond acceptors (Lipinski definition) is 3. The van der Waals surface area contributed by atoms with Crippen LogP contribution in [0.1, 0.15) is 20.3 Å². The van der Waals surface area contributed by atoms with E-state index in [0.29, 0.717) is 12.3 Å². The fraction of sp³-hybridized carbons (Fsp3) is 0.818. The standard InChI is InChI=1S/C11H23N3/c1-6-10-8-9-13(5)11(12(3)4)14(10)7-2/h8-11H,6-7H2,1-5H3. The van der Waals surface area contributed by atoms with E-state index in [1.807, 2.05) is 0 Å². The van der Waals surface area contributed by atoms with Gasteiger partial charge in [0.1, 0.15) is 6.29 Å². The zero-order valence-corrected chi connectivity index (χ0v) is 10.1. The van der Waals surface area contributed by atoms with Crippen molar-refractivity contribution in [3.05, 3.63) is 12.3 Å². The average Bonchev–Trinajstić information content (AvgIpc) is 2.16. The third kappa shape index (κ3) is 2.10. The van der Waals surface area contributed by atoms with E-state index in [-0.39, 0.29) is 0 Å². The Morgan fingerprint density at radius 2 is 1.93 bits per heavy atom. The van der Waals surface area contributed by atoms with E-state index in [2.05, 4.69) is 62.0 Å². The van der Waals surface area contributed by atoms with Crippen LogP contribution in [0.2, 0.25) is 0 Å². The summed E-state index contributed by atoms with van der Waals surface area (Å²) >= 11 is 0. The van der Waals surface area contributed by atoms with Gasteiger partial charge in [-0.15, -0.1) is 0 Å². The Balaban J connectivity index is 2.84. The first-order valence-corrected chi connectivity index (χ1v) is 5.44. The summed E-state index contributed by atoms with van der Waals surface area (Å²) < 4.78 is 0. The zero-order valence-electron chi connectivity index (χ0n) is 10.1. The summed E-state index contributed by atoms with van der Waals surface area (Å²) in [6.45, 7) is 5.57. The van der Waals surface area contributed by atoms with Crippen molar-refractivity contribution in [1.29, 1.82) is 0 Å². The molecule has 14 heavy (non-hydrogen) atoms. The highest BCUT2D eigenvalue weighted by molar-refractivity contribution is 5.00. The van der Waals surface area contributed by atoms with Crippen LogP contribution in [0, 0.1) is 0 Å². The van der Waals surface area contributed by atoms with Gasteiger partial charge in [0.15, 0.2) is 0 Å². The van der Waals surface area contributed by atoms with Crippen LogP contribution < -0.4 is 0 Å². The molecule has 0 N–H and O–H groups in total. The topological polar surface area (TPSA) is 9.72 Å². The second-order valence-corrected chi connectivity index (χ2v) is 4.12. The molecule has 0 aromatic heterocycles. The van der Waals surface area contributed by atoms with Crippen molar-refractivity contribution < 1.29 is 0 Å². The molecular formula is C11H23N3. The van der Waals surface area contributed by atoms with E-state index in [1.165, 1.54) is 6.42 Å². The normalized spacial score (nSPS) is 28.9. The lowest BCUT2D eigenvalue weighted by molar-refractivity contribution is -0.0366. The Morgan fingerprint density at radius 3 is 2.36 bits per heavy atom. The van der Waals surface area contributed by atoms with Crippen LogP contribution in [0.15, 0.2) is 12.3 Å². The van der Waals surface area contributed by atoms with Gasteiger partial charge in [-0.3, -0.25) is 9.80 Å². The van der Waals surface area contributed by atoms with E-state index < -0.39 is 0 Å². The molecule has 1 aliphatic rings. The van der Waals surface area contributed by atoms with Crippen molar-refractivity contribution >= 4 is 0 Å². The Labute approximate surface area is 88.0 Å².